The monoisotopic (exact) mass is 545 g/mol. The van der Waals surface area contributed by atoms with Gasteiger partial charge in [-0.1, -0.05) is 80.4 Å². The summed E-state index contributed by atoms with van der Waals surface area (Å²) in [7, 11) is 0. The number of rotatable bonds is 5. The number of hydrogen-bond donors (Lipinski definition) is 0. The first-order valence-electron chi connectivity index (χ1n) is 14.2. The lowest BCUT2D eigenvalue weighted by Crippen LogP contribution is -2.44. The van der Waals surface area contributed by atoms with Gasteiger partial charge in [0.2, 0.25) is 0 Å². The Kier molecular flexibility index (Phi) is 7.48. The Morgan fingerprint density at radius 1 is 0.850 bits per heavy atom. The summed E-state index contributed by atoms with van der Waals surface area (Å²) in [5.41, 5.74) is 7.74. The zero-order valence-electron chi connectivity index (χ0n) is 23.4. The quantitative estimate of drug-likeness (QED) is 0.235. The average Bonchev–Trinajstić information content (AvgIpc) is 3.43. The lowest BCUT2D eigenvalue weighted by molar-refractivity contribution is -0.124. The van der Waals surface area contributed by atoms with Crippen molar-refractivity contribution in [3.63, 3.8) is 0 Å². The molecule has 1 saturated carbocycles. The zero-order valence-corrected chi connectivity index (χ0v) is 24.2. The Hall–Kier alpha value is -3.83. The molecule has 6 rings (SSSR count). The summed E-state index contributed by atoms with van der Waals surface area (Å²) < 4.78 is 2.27. The molecule has 4 aromatic rings. The van der Waals surface area contributed by atoms with Gasteiger partial charge in [-0.05, 0) is 97.5 Å². The van der Waals surface area contributed by atoms with Gasteiger partial charge in [-0.3, -0.25) is 9.69 Å². The van der Waals surface area contributed by atoms with Crippen LogP contribution in [0.5, 0.6) is 0 Å². The van der Waals surface area contributed by atoms with Gasteiger partial charge in [0.25, 0.3) is 5.91 Å². The third kappa shape index (κ3) is 5.18. The van der Waals surface area contributed by atoms with Crippen LogP contribution in [0.1, 0.15) is 49.6 Å². The Bertz CT molecular complexity index is 1570. The number of hydrogen-bond acceptors (Lipinski definition) is 3. The summed E-state index contributed by atoms with van der Waals surface area (Å²) in [6.07, 6.45) is 6.64. The number of amidine groups is 1. The van der Waals surface area contributed by atoms with Crippen LogP contribution in [0.2, 0.25) is 0 Å². The first-order valence-corrected chi connectivity index (χ1v) is 15.0. The number of benzene rings is 3. The minimum Gasteiger partial charge on any atom is -0.318 e. The molecule has 1 aliphatic carbocycles. The Morgan fingerprint density at radius 3 is 2.20 bits per heavy atom. The van der Waals surface area contributed by atoms with Gasteiger partial charge in [-0.2, -0.15) is 0 Å². The van der Waals surface area contributed by atoms with Gasteiger partial charge < -0.3 is 4.57 Å². The molecular weight excluding hydrogens is 510 g/mol. The van der Waals surface area contributed by atoms with Crippen LogP contribution >= 0.6 is 11.8 Å². The largest absolute Gasteiger partial charge is 0.318 e. The fraction of sp³-hybridized carbons (Fsp3) is 0.257. The molecule has 1 aromatic heterocycles. The van der Waals surface area contributed by atoms with Gasteiger partial charge in [0.15, 0.2) is 5.17 Å². The maximum Gasteiger partial charge on any atom is 0.267 e. The van der Waals surface area contributed by atoms with Crippen LogP contribution in [0.15, 0.2) is 101 Å². The zero-order chi connectivity index (χ0) is 27.6. The standard InChI is InChI=1S/C35H35N3OS/c1-24-12-10-11-17-32(24)38-34(39)33(40-35(38)36-30-15-8-5-9-16-30)23-29-22-25(2)37(26(29)3)31-20-18-28(19-21-31)27-13-6-4-7-14-27/h4-9,13-16,18-24,32H,10-12,17H2,1-3H3/b33-23-,36-35?/t24-,32+/m1/s1. The SMILES string of the molecule is Cc1cc(/C=C2\SC(=Nc3ccccc3)N([C@H]3CCCC[C@H]3C)C2=O)c(C)n1-c1ccc(-c2ccccc2)cc1. The fourth-order valence-corrected chi connectivity index (χ4v) is 7.09. The number of aryl methyl sites for hydroxylation is 1. The van der Waals surface area contributed by atoms with Crippen LogP contribution in [-0.2, 0) is 4.79 Å². The van der Waals surface area contributed by atoms with E-state index in [1.54, 1.807) is 0 Å². The topological polar surface area (TPSA) is 37.6 Å². The van der Waals surface area contributed by atoms with Crippen molar-refractivity contribution >= 4 is 34.6 Å². The van der Waals surface area contributed by atoms with Crippen molar-refractivity contribution < 1.29 is 4.79 Å². The highest BCUT2D eigenvalue weighted by molar-refractivity contribution is 8.18. The second-order valence-corrected chi connectivity index (χ2v) is 11.9. The normalized spacial score (nSPS) is 21.5. The van der Waals surface area contributed by atoms with Gasteiger partial charge in [-0.15, -0.1) is 0 Å². The Labute approximate surface area is 241 Å². The Balaban J connectivity index is 1.34. The van der Waals surface area contributed by atoms with Gasteiger partial charge in [0, 0.05) is 23.1 Å². The van der Waals surface area contributed by atoms with Crippen molar-refractivity contribution in [3.8, 4) is 16.8 Å². The van der Waals surface area contributed by atoms with E-state index in [1.807, 2.05) is 41.3 Å². The van der Waals surface area contributed by atoms with Crippen molar-refractivity contribution in [2.75, 3.05) is 0 Å². The molecule has 1 aliphatic heterocycles. The van der Waals surface area contributed by atoms with E-state index in [0.29, 0.717) is 5.92 Å². The smallest absolute Gasteiger partial charge is 0.267 e. The van der Waals surface area contributed by atoms with Crippen molar-refractivity contribution in [2.24, 2.45) is 10.9 Å². The lowest BCUT2D eigenvalue weighted by atomic mass is 9.85. The van der Waals surface area contributed by atoms with E-state index in [-0.39, 0.29) is 11.9 Å². The van der Waals surface area contributed by atoms with Crippen LogP contribution in [0.4, 0.5) is 5.69 Å². The van der Waals surface area contributed by atoms with E-state index in [4.69, 9.17) is 4.99 Å². The number of thioether (sulfide) groups is 1. The molecule has 0 radical (unpaired) electrons. The molecule has 0 N–H and O–H groups in total. The second-order valence-electron chi connectivity index (χ2n) is 10.9. The lowest BCUT2D eigenvalue weighted by Gasteiger charge is -2.35. The third-order valence-corrected chi connectivity index (χ3v) is 9.19. The first-order chi connectivity index (χ1) is 19.5. The predicted molar refractivity (Wildman–Crippen MR) is 168 cm³/mol. The minimum atomic E-state index is 0.0791. The van der Waals surface area contributed by atoms with E-state index < -0.39 is 0 Å². The summed E-state index contributed by atoms with van der Waals surface area (Å²) in [5, 5.41) is 0.798. The number of aromatic nitrogens is 1. The molecular formula is C35H35N3OS. The molecule has 2 heterocycles. The van der Waals surface area contributed by atoms with Crippen LogP contribution in [0.25, 0.3) is 22.9 Å². The summed E-state index contributed by atoms with van der Waals surface area (Å²) in [6.45, 7) is 6.54. The molecule has 0 spiro atoms. The van der Waals surface area contributed by atoms with Gasteiger partial charge in [-0.25, -0.2) is 4.99 Å². The van der Waals surface area contributed by atoms with E-state index in [1.165, 1.54) is 29.3 Å². The molecule has 3 aromatic carbocycles. The first kappa shape index (κ1) is 26.4. The highest BCUT2D eigenvalue weighted by Gasteiger charge is 2.41. The van der Waals surface area contributed by atoms with Crippen LogP contribution in [0.3, 0.4) is 0 Å². The van der Waals surface area contributed by atoms with Crippen molar-refractivity contribution in [2.45, 2.75) is 52.5 Å². The maximum atomic E-state index is 13.9. The van der Waals surface area contributed by atoms with Gasteiger partial charge in [0.1, 0.15) is 0 Å². The van der Waals surface area contributed by atoms with Gasteiger partial charge >= 0.3 is 0 Å². The van der Waals surface area contributed by atoms with E-state index in [0.717, 1.165) is 57.7 Å². The van der Waals surface area contributed by atoms with Gasteiger partial charge in [0.05, 0.1) is 10.6 Å². The molecule has 2 aliphatic rings. The van der Waals surface area contributed by atoms with E-state index in [9.17, 15) is 4.79 Å². The van der Waals surface area contributed by atoms with Crippen LogP contribution in [0, 0.1) is 19.8 Å². The summed E-state index contributed by atoms with van der Waals surface area (Å²) >= 11 is 1.51. The molecule has 2 fully saturated rings. The summed E-state index contributed by atoms with van der Waals surface area (Å²) in [6, 6.07) is 31.5. The molecule has 202 valence electrons. The Morgan fingerprint density at radius 2 is 1.50 bits per heavy atom. The highest BCUT2D eigenvalue weighted by atomic mass is 32.2. The third-order valence-electron chi connectivity index (χ3n) is 8.21. The number of para-hydroxylation sites is 1. The molecule has 5 heteroatoms. The number of aliphatic imine (C=N–C) groups is 1. The van der Waals surface area contributed by atoms with Crippen molar-refractivity contribution in [3.05, 3.63) is 113 Å². The molecule has 1 amide bonds. The minimum absolute atomic E-state index is 0.0791. The summed E-state index contributed by atoms with van der Waals surface area (Å²) in [5.74, 6) is 0.540. The average molecular weight is 546 g/mol. The number of carbonyl (C=O) groups excluding carboxylic acids is 1. The van der Waals surface area contributed by atoms with Crippen LogP contribution < -0.4 is 0 Å². The predicted octanol–water partition coefficient (Wildman–Crippen LogP) is 8.94. The van der Waals surface area contributed by atoms with E-state index in [2.05, 4.69) is 86.0 Å². The number of carbonyl (C=O) groups is 1. The van der Waals surface area contributed by atoms with Crippen LogP contribution in [-0.4, -0.2) is 26.6 Å². The fourth-order valence-electron chi connectivity index (χ4n) is 6.06. The molecule has 40 heavy (non-hydrogen) atoms. The molecule has 4 nitrogen and oxygen atoms in total. The second kappa shape index (κ2) is 11.3. The van der Waals surface area contributed by atoms with Crippen molar-refractivity contribution in [1.82, 2.24) is 9.47 Å². The molecule has 0 bridgehead atoms. The molecule has 2 atom stereocenters. The highest BCUT2D eigenvalue weighted by Crippen LogP contribution is 2.40. The number of nitrogens with zero attached hydrogens (tertiary/aromatic N) is 3. The maximum absolute atomic E-state index is 13.9. The number of amides is 1. The van der Waals surface area contributed by atoms with E-state index >= 15 is 0 Å². The van der Waals surface area contributed by atoms with Crippen molar-refractivity contribution in [1.29, 1.82) is 0 Å². The molecule has 1 saturated heterocycles. The summed E-state index contributed by atoms with van der Waals surface area (Å²) in [4.78, 5) is 21.6. The molecule has 0 unspecified atom stereocenters.